The number of hydrogen-bond donors (Lipinski definition) is 0. The third kappa shape index (κ3) is 4.29. The molecule has 1 aromatic rings. The van der Waals surface area contributed by atoms with E-state index in [1.165, 1.54) is 23.2 Å². The Morgan fingerprint density at radius 2 is 1.85 bits per heavy atom. The maximum Gasteiger partial charge on any atom is 0.410 e. The summed E-state index contributed by atoms with van der Waals surface area (Å²) in [7, 11) is 0. The van der Waals surface area contributed by atoms with Gasteiger partial charge in [0.2, 0.25) is 0 Å². The molecule has 2 aliphatic rings. The molecule has 2 bridgehead atoms. The number of aryl methyl sites for hydroxylation is 1. The van der Waals surface area contributed by atoms with E-state index in [4.69, 9.17) is 4.74 Å². The fourth-order valence-corrected chi connectivity index (χ4v) is 4.91. The Morgan fingerprint density at radius 1 is 1.19 bits per heavy atom. The van der Waals surface area contributed by atoms with Gasteiger partial charge in [-0.1, -0.05) is 42.0 Å². The first-order valence-electron chi connectivity index (χ1n) is 9.76. The van der Waals surface area contributed by atoms with Gasteiger partial charge >= 0.3 is 6.09 Å². The zero-order valence-electron chi connectivity index (χ0n) is 16.4. The smallest absolute Gasteiger partial charge is 0.410 e. The molecule has 0 N–H and O–H groups in total. The number of piperazine rings is 1. The quantitative estimate of drug-likeness (QED) is 0.450. The van der Waals surface area contributed by atoms with Gasteiger partial charge < -0.3 is 9.64 Å². The van der Waals surface area contributed by atoms with Gasteiger partial charge in [0.05, 0.1) is 12.1 Å². The number of anilines is 1. The molecule has 2 atom stereocenters. The Labute approximate surface area is 171 Å². The molecule has 0 aliphatic carbocycles. The van der Waals surface area contributed by atoms with Gasteiger partial charge in [-0.3, -0.25) is 4.90 Å². The van der Waals surface area contributed by atoms with Crippen molar-refractivity contribution < 1.29 is 9.53 Å². The van der Waals surface area contributed by atoms with E-state index in [2.05, 4.69) is 52.6 Å². The molecule has 2 unspecified atom stereocenters. The van der Waals surface area contributed by atoms with E-state index in [-0.39, 0.29) is 18.2 Å². The summed E-state index contributed by atoms with van der Waals surface area (Å²) < 4.78 is 6.71. The number of amides is 1. The number of ether oxygens (including phenoxy) is 1. The van der Waals surface area contributed by atoms with Crippen molar-refractivity contribution in [2.45, 2.75) is 75.5 Å². The molecular weight excluding hydrogens is 439 g/mol. The largest absolute Gasteiger partial charge is 0.444 e. The van der Waals surface area contributed by atoms with Crippen LogP contribution in [0.15, 0.2) is 18.2 Å². The van der Waals surface area contributed by atoms with Crippen molar-refractivity contribution in [3.8, 4) is 0 Å². The second kappa shape index (κ2) is 7.95. The molecule has 5 heteroatoms. The third-order valence-corrected chi connectivity index (χ3v) is 6.13. The van der Waals surface area contributed by atoms with E-state index in [9.17, 15) is 4.79 Å². The normalized spacial score (nSPS) is 22.7. The Bertz CT molecular complexity index is 642. The Morgan fingerprint density at radius 3 is 2.38 bits per heavy atom. The lowest BCUT2D eigenvalue weighted by Crippen LogP contribution is -2.56. The summed E-state index contributed by atoms with van der Waals surface area (Å²) >= 11 is 2.45. The lowest BCUT2D eigenvalue weighted by atomic mass is 10.0. The minimum absolute atomic E-state index is 0.142. The number of nitrogens with zero attached hydrogens (tertiary/aromatic N) is 2. The zero-order valence-corrected chi connectivity index (χ0v) is 18.6. The molecule has 0 saturated carbocycles. The standard InChI is InChI=1S/C21H31IN2O2/c1-5-6-15-11-17(8-7-16(15)12-22)23-13-18-9-10-19(14-23)24(18)20(25)26-21(2,3)4/h7-8,11,18-19H,5-6,9-10,12-14H2,1-4H3. The maximum atomic E-state index is 12.6. The van der Waals surface area contributed by atoms with Crippen molar-refractivity contribution >= 4 is 34.4 Å². The Balaban J connectivity index is 1.75. The number of fused-ring (bicyclic) bond motifs is 2. The third-order valence-electron chi connectivity index (χ3n) is 5.30. The van der Waals surface area contributed by atoms with Gasteiger partial charge in [-0.25, -0.2) is 4.79 Å². The van der Waals surface area contributed by atoms with Crippen LogP contribution in [-0.4, -0.2) is 41.8 Å². The molecule has 3 rings (SSSR count). The van der Waals surface area contributed by atoms with Crippen LogP contribution in [0.5, 0.6) is 0 Å². The van der Waals surface area contributed by atoms with Crippen LogP contribution in [0, 0.1) is 0 Å². The van der Waals surface area contributed by atoms with Crippen molar-refractivity contribution in [2.75, 3.05) is 18.0 Å². The number of carbonyl (C=O) groups excluding carboxylic acids is 1. The molecule has 0 spiro atoms. The molecule has 26 heavy (non-hydrogen) atoms. The van der Waals surface area contributed by atoms with Crippen LogP contribution < -0.4 is 4.90 Å². The van der Waals surface area contributed by atoms with Crippen LogP contribution in [0.4, 0.5) is 10.5 Å². The average molecular weight is 470 g/mol. The summed E-state index contributed by atoms with van der Waals surface area (Å²) in [6.07, 6.45) is 4.32. The molecule has 0 aromatic heterocycles. The molecule has 1 aromatic carbocycles. The second-order valence-electron chi connectivity index (χ2n) is 8.51. The van der Waals surface area contributed by atoms with E-state index in [1.54, 1.807) is 0 Å². The number of rotatable bonds is 4. The summed E-state index contributed by atoms with van der Waals surface area (Å²) in [6.45, 7) is 9.87. The predicted molar refractivity (Wildman–Crippen MR) is 115 cm³/mol. The first-order chi connectivity index (χ1) is 12.3. The van der Waals surface area contributed by atoms with Crippen LogP contribution in [0.3, 0.4) is 0 Å². The lowest BCUT2D eigenvalue weighted by Gasteiger charge is -2.42. The highest BCUT2D eigenvalue weighted by atomic mass is 127. The van der Waals surface area contributed by atoms with Crippen molar-refractivity contribution in [3.63, 3.8) is 0 Å². The molecular formula is C21H31IN2O2. The molecule has 4 nitrogen and oxygen atoms in total. The van der Waals surface area contributed by atoms with E-state index >= 15 is 0 Å². The van der Waals surface area contributed by atoms with E-state index < -0.39 is 5.60 Å². The van der Waals surface area contributed by atoms with Gasteiger partial charge in [0, 0.05) is 23.2 Å². The van der Waals surface area contributed by atoms with E-state index in [1.807, 2.05) is 25.7 Å². The van der Waals surface area contributed by atoms with Gasteiger partial charge in [0.25, 0.3) is 0 Å². The van der Waals surface area contributed by atoms with Gasteiger partial charge in [0.1, 0.15) is 5.60 Å². The number of alkyl halides is 1. The van der Waals surface area contributed by atoms with E-state index in [0.717, 1.165) is 36.8 Å². The molecule has 144 valence electrons. The van der Waals surface area contributed by atoms with Crippen LogP contribution >= 0.6 is 22.6 Å². The second-order valence-corrected chi connectivity index (χ2v) is 9.28. The first kappa shape index (κ1) is 19.8. The number of benzene rings is 1. The number of carbonyl (C=O) groups is 1. The van der Waals surface area contributed by atoms with Crippen LogP contribution in [0.2, 0.25) is 0 Å². The summed E-state index contributed by atoms with van der Waals surface area (Å²) in [5.74, 6) is 0. The minimum atomic E-state index is -0.433. The molecule has 1 amide bonds. The predicted octanol–water partition coefficient (Wildman–Crippen LogP) is 5.16. The van der Waals surface area contributed by atoms with Crippen molar-refractivity contribution in [1.82, 2.24) is 4.90 Å². The number of halogens is 1. The van der Waals surface area contributed by atoms with Crippen LogP contribution in [0.25, 0.3) is 0 Å². The lowest BCUT2D eigenvalue weighted by molar-refractivity contribution is 0.0123. The van der Waals surface area contributed by atoms with Crippen LogP contribution in [-0.2, 0) is 15.6 Å². The topological polar surface area (TPSA) is 32.8 Å². The van der Waals surface area contributed by atoms with Gasteiger partial charge in [0.15, 0.2) is 0 Å². The summed E-state index contributed by atoms with van der Waals surface area (Å²) in [5, 5.41) is 0. The van der Waals surface area contributed by atoms with Gasteiger partial charge in [-0.15, -0.1) is 0 Å². The minimum Gasteiger partial charge on any atom is -0.444 e. The van der Waals surface area contributed by atoms with Gasteiger partial charge in [-0.2, -0.15) is 0 Å². The van der Waals surface area contributed by atoms with Crippen molar-refractivity contribution in [2.24, 2.45) is 0 Å². The maximum absolute atomic E-state index is 12.6. The molecule has 2 heterocycles. The highest BCUT2D eigenvalue weighted by molar-refractivity contribution is 14.1. The zero-order chi connectivity index (χ0) is 18.9. The first-order valence-corrected chi connectivity index (χ1v) is 11.3. The van der Waals surface area contributed by atoms with E-state index in [0.29, 0.717) is 0 Å². The molecule has 0 radical (unpaired) electrons. The number of hydrogen-bond acceptors (Lipinski definition) is 3. The monoisotopic (exact) mass is 470 g/mol. The van der Waals surface area contributed by atoms with Crippen LogP contribution in [0.1, 0.15) is 58.1 Å². The summed E-state index contributed by atoms with van der Waals surface area (Å²) in [4.78, 5) is 17.1. The highest BCUT2D eigenvalue weighted by Crippen LogP contribution is 2.34. The summed E-state index contributed by atoms with van der Waals surface area (Å²) in [5.41, 5.74) is 3.80. The molecule has 2 fully saturated rings. The Hall–Kier alpha value is -0.980. The van der Waals surface area contributed by atoms with Crippen molar-refractivity contribution in [3.05, 3.63) is 29.3 Å². The fraction of sp³-hybridized carbons (Fsp3) is 0.667. The van der Waals surface area contributed by atoms with Gasteiger partial charge in [-0.05, 0) is 63.3 Å². The summed E-state index contributed by atoms with van der Waals surface area (Å²) in [6, 6.07) is 7.45. The average Bonchev–Trinajstić information content (AvgIpc) is 2.84. The molecule has 2 aliphatic heterocycles. The molecule has 2 saturated heterocycles. The van der Waals surface area contributed by atoms with Crippen molar-refractivity contribution in [1.29, 1.82) is 0 Å². The highest BCUT2D eigenvalue weighted by Gasteiger charge is 2.44. The Kier molecular flexibility index (Phi) is 6.04. The fourth-order valence-electron chi connectivity index (χ4n) is 4.17. The SMILES string of the molecule is CCCc1cc(N2CC3CCC(C2)N3C(=O)OC(C)(C)C)ccc1CI.